The summed E-state index contributed by atoms with van der Waals surface area (Å²) in [5.74, 6) is -2.26. The molecular weight excluding hydrogens is 282 g/mol. The second-order valence-corrected chi connectivity index (χ2v) is 5.19. The van der Waals surface area contributed by atoms with Crippen LogP contribution in [0.2, 0.25) is 0 Å². The molecular formula is C12H13N3O4S. The first-order chi connectivity index (χ1) is 9.54. The molecule has 0 aromatic carbocycles. The van der Waals surface area contributed by atoms with Crippen LogP contribution >= 0.6 is 11.3 Å². The smallest absolute Gasteiger partial charge is 0.358 e. The average Bonchev–Trinajstić information content (AvgIpc) is 3.01. The van der Waals surface area contributed by atoms with E-state index < -0.39 is 18.0 Å². The van der Waals surface area contributed by atoms with E-state index in [0.29, 0.717) is 18.5 Å². The first-order valence-electron chi connectivity index (χ1n) is 5.97. The average molecular weight is 295 g/mol. The molecule has 2 heterocycles. The summed E-state index contributed by atoms with van der Waals surface area (Å²) < 4.78 is 1.20. The Kier molecular flexibility index (Phi) is 4.14. The normalized spacial score (nSPS) is 12.2. The molecule has 0 bridgehead atoms. The van der Waals surface area contributed by atoms with Crippen LogP contribution in [-0.2, 0) is 11.2 Å². The number of carbonyl (C=O) groups is 2. The van der Waals surface area contributed by atoms with Crippen molar-refractivity contribution in [2.45, 2.75) is 25.8 Å². The maximum Gasteiger partial charge on any atom is 0.358 e. The first-order valence-corrected chi connectivity index (χ1v) is 6.85. The predicted octanol–water partition coefficient (Wildman–Crippen LogP) is 1.66. The standard InChI is InChI=1S/C12H13N3O4S/c1-2-8(11(16)17)15-9(6-7-4-3-5-20-7)10(12(18)19)13-14-15/h3-5,8H,2,6H2,1H3,(H,16,17)(H,18,19). The molecule has 1 atom stereocenters. The quantitative estimate of drug-likeness (QED) is 0.839. The lowest BCUT2D eigenvalue weighted by molar-refractivity contribution is -0.141. The number of hydrogen-bond acceptors (Lipinski definition) is 5. The molecule has 2 aromatic heterocycles. The lowest BCUT2D eigenvalue weighted by Gasteiger charge is -2.13. The molecule has 1 unspecified atom stereocenters. The molecule has 106 valence electrons. The monoisotopic (exact) mass is 295 g/mol. The highest BCUT2D eigenvalue weighted by Crippen LogP contribution is 2.21. The van der Waals surface area contributed by atoms with Crippen LogP contribution in [0.15, 0.2) is 17.5 Å². The fourth-order valence-corrected chi connectivity index (χ4v) is 2.63. The highest BCUT2D eigenvalue weighted by molar-refractivity contribution is 7.09. The third-order valence-electron chi connectivity index (χ3n) is 2.88. The van der Waals surface area contributed by atoms with Crippen LogP contribution in [0.25, 0.3) is 0 Å². The van der Waals surface area contributed by atoms with Crippen LogP contribution < -0.4 is 0 Å². The maximum absolute atomic E-state index is 11.2. The summed E-state index contributed by atoms with van der Waals surface area (Å²) in [6, 6.07) is 2.80. The Morgan fingerprint density at radius 2 is 2.20 bits per heavy atom. The topological polar surface area (TPSA) is 105 Å². The van der Waals surface area contributed by atoms with Crippen molar-refractivity contribution in [3.05, 3.63) is 33.8 Å². The van der Waals surface area contributed by atoms with Gasteiger partial charge in [0.2, 0.25) is 0 Å². The van der Waals surface area contributed by atoms with Gasteiger partial charge in [0.1, 0.15) is 0 Å². The summed E-state index contributed by atoms with van der Waals surface area (Å²) in [5.41, 5.74) is 0.118. The Bertz CT molecular complexity index is 621. The summed E-state index contributed by atoms with van der Waals surface area (Å²) in [7, 11) is 0. The summed E-state index contributed by atoms with van der Waals surface area (Å²) in [5, 5.41) is 27.5. The third kappa shape index (κ3) is 2.69. The van der Waals surface area contributed by atoms with Crippen molar-refractivity contribution in [2.75, 3.05) is 0 Å². The van der Waals surface area contributed by atoms with Crippen LogP contribution in [0.3, 0.4) is 0 Å². The second kappa shape index (κ2) is 5.83. The van der Waals surface area contributed by atoms with Gasteiger partial charge in [-0.15, -0.1) is 16.4 Å². The van der Waals surface area contributed by atoms with E-state index in [9.17, 15) is 14.7 Å². The molecule has 2 N–H and O–H groups in total. The number of aromatic carboxylic acids is 1. The fraction of sp³-hybridized carbons (Fsp3) is 0.333. The van der Waals surface area contributed by atoms with E-state index in [1.54, 1.807) is 6.92 Å². The van der Waals surface area contributed by atoms with Gasteiger partial charge in [0.15, 0.2) is 11.7 Å². The van der Waals surface area contributed by atoms with E-state index in [0.717, 1.165) is 4.88 Å². The number of carboxylic acid groups (broad SMARTS) is 2. The molecule has 0 fully saturated rings. The SMILES string of the molecule is CCC(C(=O)O)n1nnc(C(=O)O)c1Cc1cccs1. The van der Waals surface area contributed by atoms with Gasteiger partial charge in [0.25, 0.3) is 0 Å². The molecule has 2 aromatic rings. The Balaban J connectivity index is 2.46. The van der Waals surface area contributed by atoms with Gasteiger partial charge in [-0.05, 0) is 17.9 Å². The number of aliphatic carboxylic acids is 1. The Labute approximate surface area is 118 Å². The van der Waals surface area contributed by atoms with Gasteiger partial charge in [-0.2, -0.15) is 0 Å². The molecule has 20 heavy (non-hydrogen) atoms. The molecule has 0 aliphatic carbocycles. The van der Waals surface area contributed by atoms with Gasteiger partial charge in [-0.3, -0.25) is 0 Å². The Morgan fingerprint density at radius 1 is 1.45 bits per heavy atom. The minimum atomic E-state index is -1.21. The van der Waals surface area contributed by atoms with Gasteiger partial charge in [0.05, 0.1) is 5.69 Å². The van der Waals surface area contributed by atoms with Gasteiger partial charge in [-0.1, -0.05) is 18.2 Å². The lowest BCUT2D eigenvalue weighted by Crippen LogP contribution is -2.22. The largest absolute Gasteiger partial charge is 0.480 e. The molecule has 7 nitrogen and oxygen atoms in total. The van der Waals surface area contributed by atoms with Gasteiger partial charge in [-0.25, -0.2) is 14.3 Å². The minimum absolute atomic E-state index is 0.196. The lowest BCUT2D eigenvalue weighted by atomic mass is 10.1. The molecule has 8 heteroatoms. The van der Waals surface area contributed by atoms with Crippen molar-refractivity contribution in [2.24, 2.45) is 0 Å². The summed E-state index contributed by atoms with van der Waals surface area (Å²) in [6.07, 6.45) is 0.602. The van der Waals surface area contributed by atoms with Gasteiger partial charge >= 0.3 is 11.9 Å². The maximum atomic E-state index is 11.2. The predicted molar refractivity (Wildman–Crippen MR) is 71.1 cm³/mol. The van der Waals surface area contributed by atoms with E-state index in [1.165, 1.54) is 16.0 Å². The molecule has 0 aliphatic heterocycles. The Morgan fingerprint density at radius 3 is 2.70 bits per heavy atom. The molecule has 0 saturated heterocycles. The van der Waals surface area contributed by atoms with E-state index in [-0.39, 0.29) is 5.69 Å². The Hall–Kier alpha value is -2.22. The van der Waals surface area contributed by atoms with Crippen molar-refractivity contribution in [1.82, 2.24) is 15.0 Å². The van der Waals surface area contributed by atoms with Gasteiger partial charge in [0, 0.05) is 11.3 Å². The highest BCUT2D eigenvalue weighted by atomic mass is 32.1. The van der Waals surface area contributed by atoms with Gasteiger partial charge < -0.3 is 10.2 Å². The number of hydrogen-bond donors (Lipinski definition) is 2. The van der Waals surface area contributed by atoms with Crippen LogP contribution in [0, 0.1) is 0 Å². The summed E-state index contributed by atoms with van der Waals surface area (Å²) >= 11 is 1.47. The molecule has 0 saturated carbocycles. The van der Waals surface area contributed by atoms with Crippen molar-refractivity contribution < 1.29 is 19.8 Å². The highest BCUT2D eigenvalue weighted by Gasteiger charge is 2.27. The number of nitrogens with zero attached hydrogens (tertiary/aromatic N) is 3. The molecule has 0 amide bonds. The van der Waals surface area contributed by atoms with Crippen molar-refractivity contribution in [3.8, 4) is 0 Å². The van der Waals surface area contributed by atoms with Crippen molar-refractivity contribution in [3.63, 3.8) is 0 Å². The van der Waals surface area contributed by atoms with E-state index >= 15 is 0 Å². The fourth-order valence-electron chi connectivity index (χ4n) is 1.92. The molecule has 0 radical (unpaired) electrons. The number of aromatic nitrogens is 3. The number of carboxylic acids is 2. The zero-order valence-corrected chi connectivity index (χ0v) is 11.5. The zero-order chi connectivity index (χ0) is 14.7. The zero-order valence-electron chi connectivity index (χ0n) is 10.7. The number of rotatable bonds is 6. The summed E-state index contributed by atoms with van der Waals surface area (Å²) in [4.78, 5) is 23.3. The van der Waals surface area contributed by atoms with Crippen LogP contribution in [0.5, 0.6) is 0 Å². The van der Waals surface area contributed by atoms with Crippen LogP contribution in [0.1, 0.15) is 40.4 Å². The minimum Gasteiger partial charge on any atom is -0.480 e. The van der Waals surface area contributed by atoms with Crippen LogP contribution in [-0.4, -0.2) is 37.1 Å². The van der Waals surface area contributed by atoms with E-state index in [4.69, 9.17) is 5.11 Å². The molecule has 2 rings (SSSR count). The van der Waals surface area contributed by atoms with Crippen molar-refractivity contribution >= 4 is 23.3 Å². The van der Waals surface area contributed by atoms with Crippen LogP contribution in [0.4, 0.5) is 0 Å². The molecule has 0 spiro atoms. The third-order valence-corrected chi connectivity index (χ3v) is 3.76. The first kappa shape index (κ1) is 14.2. The second-order valence-electron chi connectivity index (χ2n) is 4.15. The van der Waals surface area contributed by atoms with Crippen molar-refractivity contribution in [1.29, 1.82) is 0 Å². The summed E-state index contributed by atoms with van der Waals surface area (Å²) in [6.45, 7) is 1.70. The molecule has 0 aliphatic rings. The van der Waals surface area contributed by atoms with E-state index in [2.05, 4.69) is 10.3 Å². The van der Waals surface area contributed by atoms with E-state index in [1.807, 2.05) is 17.5 Å². The number of thiophene rings is 1.